The second kappa shape index (κ2) is 7.40. The second-order valence-electron chi connectivity index (χ2n) is 4.57. The Morgan fingerprint density at radius 3 is 2.05 bits per heavy atom. The van der Waals surface area contributed by atoms with Crippen molar-refractivity contribution in [3.05, 3.63) is 35.4 Å². The Morgan fingerprint density at radius 1 is 1.00 bits per heavy atom. The van der Waals surface area contributed by atoms with Crippen LogP contribution in [-0.2, 0) is 27.2 Å². The Bertz CT molecular complexity index is 495. The third kappa shape index (κ3) is 5.62. The standard InChI is InChI=1S/C14H17NO5/c15-12(14(19)20)8-10-3-1-9(2-4-10)7-11(16)5-6-13(17)18/h1-4,12H,5-8,15H2,(H,17,18)(H,19,20)/t12-/m0/s1. The van der Waals surface area contributed by atoms with Crippen LogP contribution < -0.4 is 5.73 Å². The topological polar surface area (TPSA) is 118 Å². The Kier molecular flexibility index (Phi) is 5.86. The van der Waals surface area contributed by atoms with E-state index in [9.17, 15) is 14.4 Å². The van der Waals surface area contributed by atoms with Crippen LogP contribution in [0.4, 0.5) is 0 Å². The molecule has 0 bridgehead atoms. The summed E-state index contributed by atoms with van der Waals surface area (Å²) in [4.78, 5) is 32.5. The second-order valence-corrected chi connectivity index (χ2v) is 4.57. The molecule has 108 valence electrons. The molecule has 0 heterocycles. The lowest BCUT2D eigenvalue weighted by molar-refractivity contribution is -0.139. The number of carboxylic acids is 2. The highest BCUT2D eigenvalue weighted by Crippen LogP contribution is 2.09. The summed E-state index contributed by atoms with van der Waals surface area (Å²) in [7, 11) is 0. The van der Waals surface area contributed by atoms with Crippen molar-refractivity contribution >= 4 is 17.7 Å². The fraction of sp³-hybridized carbons (Fsp3) is 0.357. The number of benzene rings is 1. The summed E-state index contributed by atoms with van der Waals surface area (Å²) in [5, 5.41) is 17.2. The summed E-state index contributed by atoms with van der Waals surface area (Å²) in [5.41, 5.74) is 6.98. The minimum absolute atomic E-state index is 0.0149. The molecule has 0 aliphatic heterocycles. The average molecular weight is 279 g/mol. The van der Waals surface area contributed by atoms with Gasteiger partial charge in [-0.2, -0.15) is 0 Å². The highest BCUT2D eigenvalue weighted by Gasteiger charge is 2.12. The number of carbonyl (C=O) groups is 3. The molecule has 6 nitrogen and oxygen atoms in total. The molecule has 0 saturated heterocycles. The van der Waals surface area contributed by atoms with Crippen LogP contribution in [0.15, 0.2) is 24.3 Å². The molecule has 0 aliphatic carbocycles. The van der Waals surface area contributed by atoms with Crippen LogP contribution in [0.25, 0.3) is 0 Å². The minimum atomic E-state index is -1.06. The van der Waals surface area contributed by atoms with Gasteiger partial charge in [0.05, 0.1) is 6.42 Å². The highest BCUT2D eigenvalue weighted by molar-refractivity contribution is 5.84. The lowest BCUT2D eigenvalue weighted by Gasteiger charge is -2.07. The van der Waals surface area contributed by atoms with E-state index >= 15 is 0 Å². The van der Waals surface area contributed by atoms with E-state index in [0.717, 1.165) is 11.1 Å². The largest absolute Gasteiger partial charge is 0.481 e. The van der Waals surface area contributed by atoms with Crippen LogP contribution >= 0.6 is 0 Å². The zero-order valence-corrected chi connectivity index (χ0v) is 10.9. The molecule has 0 fully saturated rings. The summed E-state index contributed by atoms with van der Waals surface area (Å²) in [6.45, 7) is 0. The van der Waals surface area contributed by atoms with Crippen LogP contribution in [0.1, 0.15) is 24.0 Å². The SMILES string of the molecule is N[C@@H](Cc1ccc(CC(=O)CCC(=O)O)cc1)C(=O)O. The molecule has 4 N–H and O–H groups in total. The summed E-state index contributed by atoms with van der Waals surface area (Å²) >= 11 is 0. The van der Waals surface area contributed by atoms with Gasteiger partial charge in [0.25, 0.3) is 0 Å². The normalized spacial score (nSPS) is 11.8. The molecule has 0 aliphatic rings. The lowest BCUT2D eigenvalue weighted by Crippen LogP contribution is -2.32. The van der Waals surface area contributed by atoms with E-state index in [0.29, 0.717) is 0 Å². The maximum Gasteiger partial charge on any atom is 0.320 e. The molecule has 0 amide bonds. The number of nitrogens with two attached hydrogens (primary N) is 1. The van der Waals surface area contributed by atoms with Crippen molar-refractivity contribution in [2.24, 2.45) is 5.73 Å². The number of ketones is 1. The van der Waals surface area contributed by atoms with E-state index in [1.807, 2.05) is 0 Å². The third-order valence-electron chi connectivity index (χ3n) is 2.81. The van der Waals surface area contributed by atoms with Crippen molar-refractivity contribution in [1.82, 2.24) is 0 Å². The molecule has 0 spiro atoms. The van der Waals surface area contributed by atoms with Crippen LogP contribution in [-0.4, -0.2) is 34.0 Å². The molecular weight excluding hydrogens is 262 g/mol. The van der Waals surface area contributed by atoms with Crippen molar-refractivity contribution in [1.29, 1.82) is 0 Å². The maximum atomic E-state index is 11.5. The molecule has 0 radical (unpaired) electrons. The first-order valence-corrected chi connectivity index (χ1v) is 6.18. The van der Waals surface area contributed by atoms with E-state index < -0.39 is 18.0 Å². The molecular formula is C14H17NO5. The van der Waals surface area contributed by atoms with E-state index in [4.69, 9.17) is 15.9 Å². The molecule has 20 heavy (non-hydrogen) atoms. The molecule has 1 rings (SSSR count). The molecule has 1 aromatic rings. The number of Topliss-reactive ketones (excluding diaryl/α,β-unsaturated/α-hetero) is 1. The van der Waals surface area contributed by atoms with Gasteiger partial charge in [-0.3, -0.25) is 14.4 Å². The number of carboxylic acid groups (broad SMARTS) is 2. The van der Waals surface area contributed by atoms with Crippen molar-refractivity contribution in [3.8, 4) is 0 Å². The zero-order chi connectivity index (χ0) is 15.1. The van der Waals surface area contributed by atoms with Crippen molar-refractivity contribution in [3.63, 3.8) is 0 Å². The molecule has 1 aromatic carbocycles. The van der Waals surface area contributed by atoms with Gasteiger partial charge in [-0.15, -0.1) is 0 Å². The number of rotatable bonds is 8. The monoisotopic (exact) mass is 279 g/mol. The number of aliphatic carboxylic acids is 2. The van der Waals surface area contributed by atoms with Gasteiger partial charge < -0.3 is 15.9 Å². The first kappa shape index (κ1) is 15.8. The van der Waals surface area contributed by atoms with E-state index in [1.54, 1.807) is 24.3 Å². The van der Waals surface area contributed by atoms with E-state index in [2.05, 4.69) is 0 Å². The number of hydrogen-bond donors (Lipinski definition) is 3. The Morgan fingerprint density at radius 2 is 1.55 bits per heavy atom. The Balaban J connectivity index is 2.52. The number of hydrogen-bond acceptors (Lipinski definition) is 4. The molecule has 1 atom stereocenters. The van der Waals surface area contributed by atoms with Crippen molar-refractivity contribution in [2.45, 2.75) is 31.7 Å². The van der Waals surface area contributed by atoms with Crippen molar-refractivity contribution < 1.29 is 24.6 Å². The smallest absolute Gasteiger partial charge is 0.320 e. The van der Waals surface area contributed by atoms with Crippen LogP contribution in [0, 0.1) is 0 Å². The van der Waals surface area contributed by atoms with Gasteiger partial charge in [-0.05, 0) is 17.5 Å². The molecule has 0 unspecified atom stereocenters. The Hall–Kier alpha value is -2.21. The average Bonchev–Trinajstić information content (AvgIpc) is 2.38. The minimum Gasteiger partial charge on any atom is -0.481 e. The third-order valence-corrected chi connectivity index (χ3v) is 2.81. The zero-order valence-electron chi connectivity index (χ0n) is 10.9. The molecule has 0 saturated carbocycles. The van der Waals surface area contributed by atoms with Gasteiger partial charge >= 0.3 is 11.9 Å². The van der Waals surface area contributed by atoms with Gasteiger partial charge in [0.2, 0.25) is 0 Å². The van der Waals surface area contributed by atoms with Crippen LogP contribution in [0.5, 0.6) is 0 Å². The van der Waals surface area contributed by atoms with Gasteiger partial charge in [-0.1, -0.05) is 24.3 Å². The van der Waals surface area contributed by atoms with Crippen LogP contribution in [0.3, 0.4) is 0 Å². The van der Waals surface area contributed by atoms with E-state index in [-0.39, 0.29) is 31.5 Å². The first-order chi connectivity index (χ1) is 9.38. The fourth-order valence-electron chi connectivity index (χ4n) is 1.70. The first-order valence-electron chi connectivity index (χ1n) is 6.18. The quantitative estimate of drug-likeness (QED) is 0.642. The summed E-state index contributed by atoms with van der Waals surface area (Å²) in [5.74, 6) is -2.18. The van der Waals surface area contributed by atoms with Crippen LogP contribution in [0.2, 0.25) is 0 Å². The maximum absolute atomic E-state index is 11.5. The number of carbonyl (C=O) groups excluding carboxylic acids is 1. The molecule has 6 heteroatoms. The fourth-order valence-corrected chi connectivity index (χ4v) is 1.70. The van der Waals surface area contributed by atoms with E-state index in [1.165, 1.54) is 0 Å². The van der Waals surface area contributed by atoms with Gasteiger partial charge in [0.15, 0.2) is 0 Å². The summed E-state index contributed by atoms with van der Waals surface area (Å²) in [6.07, 6.45) is 0.256. The highest BCUT2D eigenvalue weighted by atomic mass is 16.4. The van der Waals surface area contributed by atoms with Crippen molar-refractivity contribution in [2.75, 3.05) is 0 Å². The van der Waals surface area contributed by atoms with Gasteiger partial charge in [0, 0.05) is 12.8 Å². The Labute approximate surface area is 116 Å². The summed E-state index contributed by atoms with van der Waals surface area (Å²) < 4.78 is 0. The lowest BCUT2D eigenvalue weighted by atomic mass is 10.0. The van der Waals surface area contributed by atoms with Gasteiger partial charge in [0.1, 0.15) is 11.8 Å². The summed E-state index contributed by atoms with van der Waals surface area (Å²) in [6, 6.07) is 5.95. The molecule has 0 aromatic heterocycles. The van der Waals surface area contributed by atoms with Gasteiger partial charge in [-0.25, -0.2) is 0 Å². The predicted molar refractivity (Wildman–Crippen MR) is 71.3 cm³/mol. The predicted octanol–water partition coefficient (Wildman–Crippen LogP) is 0.617.